The number of carboxylic acids is 1. The average Bonchev–Trinajstić information content (AvgIpc) is 2.63. The van der Waals surface area contributed by atoms with Crippen molar-refractivity contribution >= 4 is 29.2 Å². The number of carbonyl (C=O) groups is 3. The Morgan fingerprint density at radius 1 is 1.22 bits per heavy atom. The van der Waals surface area contributed by atoms with Crippen molar-refractivity contribution in [3.8, 4) is 5.75 Å². The third-order valence-corrected chi connectivity index (χ3v) is 4.52. The Hall–Kier alpha value is -3.35. The highest BCUT2D eigenvalue weighted by atomic mass is 16.5. The number of carboxylic acid groups (broad SMARTS) is 1. The number of nitrogens with one attached hydrogen (secondary N) is 1. The lowest BCUT2D eigenvalue weighted by molar-refractivity contribution is -0.128. The molecule has 1 aliphatic heterocycles. The van der Waals surface area contributed by atoms with Crippen LogP contribution in [0, 0.1) is 6.92 Å². The van der Waals surface area contributed by atoms with Gasteiger partial charge < -0.3 is 15.2 Å². The van der Waals surface area contributed by atoms with E-state index in [4.69, 9.17) is 9.84 Å². The number of hydrogen-bond acceptors (Lipinski definition) is 4. The fourth-order valence-corrected chi connectivity index (χ4v) is 2.96. The van der Waals surface area contributed by atoms with Gasteiger partial charge in [0.1, 0.15) is 11.8 Å². The summed E-state index contributed by atoms with van der Waals surface area (Å²) in [7, 11) is 0. The topological polar surface area (TPSA) is 95.9 Å². The molecule has 140 valence electrons. The molecule has 2 unspecified atom stereocenters. The van der Waals surface area contributed by atoms with Crippen LogP contribution >= 0.6 is 0 Å². The van der Waals surface area contributed by atoms with E-state index in [1.165, 1.54) is 23.1 Å². The molecule has 2 aromatic carbocycles. The first kappa shape index (κ1) is 18.4. The van der Waals surface area contributed by atoms with Gasteiger partial charge in [-0.2, -0.15) is 0 Å². The zero-order valence-electron chi connectivity index (χ0n) is 15.2. The van der Waals surface area contributed by atoms with Gasteiger partial charge in [0.25, 0.3) is 5.91 Å². The summed E-state index contributed by atoms with van der Waals surface area (Å²) < 4.78 is 5.55. The molecule has 7 heteroatoms. The summed E-state index contributed by atoms with van der Waals surface area (Å²) in [4.78, 5) is 38.0. The van der Waals surface area contributed by atoms with E-state index in [0.29, 0.717) is 11.4 Å². The molecule has 2 atom stereocenters. The lowest BCUT2D eigenvalue weighted by atomic mass is 10.1. The van der Waals surface area contributed by atoms with Crippen LogP contribution in [-0.4, -0.2) is 35.0 Å². The number of nitrogens with zero attached hydrogens (tertiary/aromatic N) is 1. The highest BCUT2D eigenvalue weighted by Crippen LogP contribution is 2.36. The van der Waals surface area contributed by atoms with Gasteiger partial charge in [-0.05, 0) is 50.6 Å². The van der Waals surface area contributed by atoms with Crippen LogP contribution in [0.1, 0.15) is 29.8 Å². The average molecular weight is 368 g/mol. The van der Waals surface area contributed by atoms with Crippen LogP contribution in [0.2, 0.25) is 0 Å². The number of ether oxygens (including phenoxy) is 1. The standard InChI is InChI=1S/C20H20N2O5/c1-11-6-4-5-7-15(11)21-18(23)12(2)22-16-9-8-14(20(25)26)10-17(16)27-13(3)19(22)24/h4-10,12-13H,1-3H3,(H,21,23)(H,25,26). The molecular weight excluding hydrogens is 348 g/mol. The van der Waals surface area contributed by atoms with E-state index in [1.54, 1.807) is 19.9 Å². The summed E-state index contributed by atoms with van der Waals surface area (Å²) in [6.07, 6.45) is -0.824. The maximum Gasteiger partial charge on any atom is 0.335 e. The first-order chi connectivity index (χ1) is 12.8. The van der Waals surface area contributed by atoms with Crippen molar-refractivity contribution in [1.29, 1.82) is 0 Å². The molecule has 0 aromatic heterocycles. The van der Waals surface area contributed by atoms with Gasteiger partial charge in [-0.15, -0.1) is 0 Å². The first-order valence-electron chi connectivity index (χ1n) is 8.53. The van der Waals surface area contributed by atoms with E-state index < -0.39 is 18.1 Å². The smallest absolute Gasteiger partial charge is 0.335 e. The predicted molar refractivity (Wildman–Crippen MR) is 100 cm³/mol. The quantitative estimate of drug-likeness (QED) is 0.865. The fourth-order valence-electron chi connectivity index (χ4n) is 2.96. The Balaban J connectivity index is 1.93. The van der Waals surface area contributed by atoms with E-state index in [9.17, 15) is 14.4 Å². The molecule has 7 nitrogen and oxygen atoms in total. The minimum Gasteiger partial charge on any atom is -0.479 e. The molecule has 0 radical (unpaired) electrons. The largest absolute Gasteiger partial charge is 0.479 e. The number of hydrogen-bond donors (Lipinski definition) is 2. The molecule has 3 rings (SSSR count). The summed E-state index contributed by atoms with van der Waals surface area (Å²) in [5, 5.41) is 12.0. The molecule has 1 heterocycles. The summed E-state index contributed by atoms with van der Waals surface area (Å²) in [5.74, 6) is -1.54. The summed E-state index contributed by atoms with van der Waals surface area (Å²) in [5.41, 5.74) is 2.00. The SMILES string of the molecule is Cc1ccccc1NC(=O)C(C)N1C(=O)C(C)Oc2cc(C(=O)O)ccc21. The lowest BCUT2D eigenvalue weighted by Gasteiger charge is -2.36. The molecule has 0 saturated heterocycles. The van der Waals surface area contributed by atoms with Crippen LogP contribution in [0.4, 0.5) is 11.4 Å². The van der Waals surface area contributed by atoms with Gasteiger partial charge in [0, 0.05) is 5.69 Å². The van der Waals surface area contributed by atoms with Crippen molar-refractivity contribution in [3.05, 3.63) is 53.6 Å². The van der Waals surface area contributed by atoms with Gasteiger partial charge in [-0.25, -0.2) is 4.79 Å². The minimum atomic E-state index is -1.09. The molecule has 2 aromatic rings. The molecule has 2 amide bonds. The molecule has 2 N–H and O–H groups in total. The summed E-state index contributed by atoms with van der Waals surface area (Å²) >= 11 is 0. The monoisotopic (exact) mass is 368 g/mol. The zero-order valence-corrected chi connectivity index (χ0v) is 15.2. The number of carbonyl (C=O) groups excluding carboxylic acids is 2. The molecule has 0 spiro atoms. The number of amides is 2. The van der Waals surface area contributed by atoms with Gasteiger partial charge in [0.15, 0.2) is 6.10 Å². The van der Waals surface area contributed by atoms with Gasteiger partial charge in [0.2, 0.25) is 5.91 Å². The van der Waals surface area contributed by atoms with Crippen LogP contribution in [0.15, 0.2) is 42.5 Å². The van der Waals surface area contributed by atoms with Crippen molar-refractivity contribution < 1.29 is 24.2 Å². The van der Waals surface area contributed by atoms with Crippen molar-refractivity contribution in [2.24, 2.45) is 0 Å². The molecule has 0 aliphatic carbocycles. The molecule has 1 aliphatic rings. The lowest BCUT2D eigenvalue weighted by Crippen LogP contribution is -2.52. The second kappa shape index (κ2) is 7.11. The normalized spacial score (nSPS) is 16.9. The second-order valence-electron chi connectivity index (χ2n) is 6.44. The molecule has 0 saturated carbocycles. The third kappa shape index (κ3) is 3.48. The van der Waals surface area contributed by atoms with Crippen molar-refractivity contribution in [1.82, 2.24) is 0 Å². The number of anilines is 2. The molecule has 0 fully saturated rings. The maximum atomic E-state index is 12.8. The molecule has 0 bridgehead atoms. The van der Waals surface area contributed by atoms with Crippen LogP contribution in [0.5, 0.6) is 5.75 Å². The van der Waals surface area contributed by atoms with Gasteiger partial charge in [0.05, 0.1) is 11.3 Å². The predicted octanol–water partition coefficient (Wildman–Crippen LogP) is 2.83. The zero-order chi connectivity index (χ0) is 19.7. The van der Waals surface area contributed by atoms with Crippen molar-refractivity contribution in [2.75, 3.05) is 10.2 Å². The molecule has 27 heavy (non-hydrogen) atoms. The van der Waals surface area contributed by atoms with Crippen LogP contribution in [0.3, 0.4) is 0 Å². The highest BCUT2D eigenvalue weighted by molar-refractivity contribution is 6.08. The van der Waals surface area contributed by atoms with Gasteiger partial charge in [-0.1, -0.05) is 18.2 Å². The molecular formula is C20H20N2O5. The summed E-state index contributed by atoms with van der Waals surface area (Å²) in [6.45, 7) is 5.07. The Labute approximate surface area is 156 Å². The Morgan fingerprint density at radius 2 is 1.93 bits per heavy atom. The second-order valence-corrected chi connectivity index (χ2v) is 6.44. The number of para-hydroxylation sites is 1. The summed E-state index contributed by atoms with van der Waals surface area (Å²) in [6, 6.07) is 10.8. The number of aromatic carboxylic acids is 1. The van der Waals surface area contributed by atoms with E-state index in [0.717, 1.165) is 5.56 Å². The van der Waals surface area contributed by atoms with E-state index >= 15 is 0 Å². The number of fused-ring (bicyclic) bond motifs is 1. The highest BCUT2D eigenvalue weighted by Gasteiger charge is 2.37. The first-order valence-corrected chi connectivity index (χ1v) is 8.53. The number of aryl methyl sites for hydroxylation is 1. The number of benzene rings is 2. The third-order valence-electron chi connectivity index (χ3n) is 4.52. The van der Waals surface area contributed by atoms with Crippen LogP contribution in [0.25, 0.3) is 0 Å². The van der Waals surface area contributed by atoms with E-state index in [2.05, 4.69) is 5.32 Å². The Kier molecular flexibility index (Phi) is 4.85. The minimum absolute atomic E-state index is 0.0484. The van der Waals surface area contributed by atoms with Crippen molar-refractivity contribution in [2.45, 2.75) is 32.9 Å². The van der Waals surface area contributed by atoms with Crippen LogP contribution in [-0.2, 0) is 9.59 Å². The van der Waals surface area contributed by atoms with E-state index in [-0.39, 0.29) is 23.1 Å². The van der Waals surface area contributed by atoms with E-state index in [1.807, 2.05) is 25.1 Å². The van der Waals surface area contributed by atoms with Gasteiger partial charge >= 0.3 is 5.97 Å². The number of rotatable bonds is 4. The maximum absolute atomic E-state index is 12.8. The Bertz CT molecular complexity index is 924. The van der Waals surface area contributed by atoms with Crippen molar-refractivity contribution in [3.63, 3.8) is 0 Å². The van der Waals surface area contributed by atoms with Crippen LogP contribution < -0.4 is 15.0 Å². The Morgan fingerprint density at radius 3 is 2.59 bits per heavy atom. The fraction of sp³-hybridized carbons (Fsp3) is 0.250. The van der Waals surface area contributed by atoms with Gasteiger partial charge in [-0.3, -0.25) is 14.5 Å².